The quantitative estimate of drug-likeness (QED) is 0.492. The van der Waals surface area contributed by atoms with Crippen molar-refractivity contribution in [3.63, 3.8) is 0 Å². The molecule has 184 valence electrons. The van der Waals surface area contributed by atoms with E-state index in [2.05, 4.69) is 10.0 Å². The van der Waals surface area contributed by atoms with Gasteiger partial charge in [0.1, 0.15) is 6.04 Å². The number of sulfonamides is 1. The van der Waals surface area contributed by atoms with Crippen LogP contribution in [0.3, 0.4) is 0 Å². The second-order valence-corrected chi connectivity index (χ2v) is 10.7. The van der Waals surface area contributed by atoms with Crippen molar-refractivity contribution in [3.8, 4) is 0 Å². The van der Waals surface area contributed by atoms with E-state index >= 15 is 0 Å². The van der Waals surface area contributed by atoms with E-state index in [0.717, 1.165) is 25.7 Å². The molecular formula is C23H35N3O6S. The SMILES string of the molecule is CC(C)[C@H](C(=O)NC[C@H]1CCCO1)N(C[C@@H]1CCCO1)C(=O)CNS(=O)(=O)c1ccccc1. The summed E-state index contributed by atoms with van der Waals surface area (Å²) >= 11 is 0. The predicted octanol–water partition coefficient (Wildman–Crippen LogP) is 1.29. The van der Waals surface area contributed by atoms with Crippen LogP contribution in [0.25, 0.3) is 0 Å². The summed E-state index contributed by atoms with van der Waals surface area (Å²) in [5.74, 6) is -0.903. The van der Waals surface area contributed by atoms with Crippen LogP contribution in [0.2, 0.25) is 0 Å². The van der Waals surface area contributed by atoms with Crippen molar-refractivity contribution in [1.82, 2.24) is 14.9 Å². The van der Waals surface area contributed by atoms with E-state index in [4.69, 9.17) is 9.47 Å². The Morgan fingerprint density at radius 3 is 2.27 bits per heavy atom. The molecule has 33 heavy (non-hydrogen) atoms. The molecule has 2 aliphatic rings. The molecule has 2 saturated heterocycles. The second kappa shape index (κ2) is 11.9. The molecule has 0 bridgehead atoms. The lowest BCUT2D eigenvalue weighted by Gasteiger charge is -2.35. The molecule has 2 amide bonds. The summed E-state index contributed by atoms with van der Waals surface area (Å²) in [5.41, 5.74) is 0. The molecule has 2 aliphatic heterocycles. The van der Waals surface area contributed by atoms with E-state index in [9.17, 15) is 18.0 Å². The minimum Gasteiger partial charge on any atom is -0.376 e. The van der Waals surface area contributed by atoms with Gasteiger partial charge in [-0.05, 0) is 43.7 Å². The van der Waals surface area contributed by atoms with Crippen molar-refractivity contribution in [3.05, 3.63) is 30.3 Å². The zero-order valence-electron chi connectivity index (χ0n) is 19.4. The summed E-state index contributed by atoms with van der Waals surface area (Å²) in [7, 11) is -3.85. The van der Waals surface area contributed by atoms with Crippen molar-refractivity contribution < 1.29 is 27.5 Å². The highest BCUT2D eigenvalue weighted by Gasteiger charge is 2.35. The van der Waals surface area contributed by atoms with Crippen LogP contribution in [-0.4, -0.2) is 76.2 Å². The molecule has 2 N–H and O–H groups in total. The largest absolute Gasteiger partial charge is 0.376 e. The van der Waals surface area contributed by atoms with Gasteiger partial charge in [-0.2, -0.15) is 0 Å². The van der Waals surface area contributed by atoms with Gasteiger partial charge >= 0.3 is 0 Å². The van der Waals surface area contributed by atoms with Crippen molar-refractivity contribution in [2.45, 2.75) is 62.7 Å². The first-order valence-corrected chi connectivity index (χ1v) is 13.1. The van der Waals surface area contributed by atoms with Crippen LogP contribution < -0.4 is 10.0 Å². The van der Waals surface area contributed by atoms with Gasteiger partial charge < -0.3 is 19.7 Å². The Kier molecular flexibility index (Phi) is 9.25. The molecule has 1 aromatic carbocycles. The Labute approximate surface area is 196 Å². The molecule has 10 heteroatoms. The number of ether oxygens (including phenoxy) is 2. The molecule has 1 aromatic rings. The Balaban J connectivity index is 1.71. The van der Waals surface area contributed by atoms with Crippen LogP contribution in [0, 0.1) is 5.92 Å². The molecular weight excluding hydrogens is 446 g/mol. The first-order valence-electron chi connectivity index (χ1n) is 11.6. The van der Waals surface area contributed by atoms with Crippen molar-refractivity contribution in [2.75, 3.05) is 32.8 Å². The summed E-state index contributed by atoms with van der Waals surface area (Å²) in [5, 5.41) is 2.93. The van der Waals surface area contributed by atoms with Crippen LogP contribution in [0.4, 0.5) is 0 Å². The van der Waals surface area contributed by atoms with Crippen LogP contribution in [0.15, 0.2) is 35.2 Å². The monoisotopic (exact) mass is 481 g/mol. The van der Waals surface area contributed by atoms with Gasteiger partial charge in [-0.25, -0.2) is 13.1 Å². The summed E-state index contributed by atoms with van der Waals surface area (Å²) < 4.78 is 38.9. The standard InChI is InChI=1S/C23H35N3O6S/c1-17(2)22(23(28)24-14-18-8-6-12-31-18)26(16-19-9-7-13-32-19)21(27)15-25-33(29,30)20-10-4-3-5-11-20/h3-5,10-11,17-19,22,25H,6-9,12-16H2,1-2H3,(H,24,28)/t18-,19+,22-/m1/s1. The number of rotatable bonds is 11. The summed E-state index contributed by atoms with van der Waals surface area (Å²) in [6.07, 6.45) is 3.37. The number of hydrogen-bond donors (Lipinski definition) is 2. The van der Waals surface area contributed by atoms with Gasteiger partial charge in [0.15, 0.2) is 0 Å². The van der Waals surface area contributed by atoms with Crippen LogP contribution in [0.1, 0.15) is 39.5 Å². The summed E-state index contributed by atoms with van der Waals surface area (Å²) in [6, 6.07) is 7.14. The molecule has 3 atom stereocenters. The molecule has 2 fully saturated rings. The number of nitrogens with one attached hydrogen (secondary N) is 2. The number of amides is 2. The zero-order valence-corrected chi connectivity index (χ0v) is 20.2. The van der Waals surface area contributed by atoms with E-state index in [1.54, 1.807) is 18.2 Å². The first-order chi connectivity index (χ1) is 15.8. The highest BCUT2D eigenvalue weighted by molar-refractivity contribution is 7.89. The van der Waals surface area contributed by atoms with Crippen LogP contribution >= 0.6 is 0 Å². The summed E-state index contributed by atoms with van der Waals surface area (Å²) in [4.78, 5) is 28.0. The van der Waals surface area contributed by atoms with E-state index in [1.165, 1.54) is 17.0 Å². The minimum atomic E-state index is -3.85. The molecule has 2 heterocycles. The molecule has 0 radical (unpaired) electrons. The summed E-state index contributed by atoms with van der Waals surface area (Å²) in [6.45, 7) is 5.25. The fourth-order valence-corrected chi connectivity index (χ4v) is 5.24. The Bertz CT molecular complexity index is 881. The number of carbonyl (C=O) groups excluding carboxylic acids is 2. The molecule has 0 saturated carbocycles. The van der Waals surface area contributed by atoms with Gasteiger partial charge in [0, 0.05) is 26.3 Å². The normalized spacial score (nSPS) is 21.8. The lowest BCUT2D eigenvalue weighted by Crippen LogP contribution is -2.56. The fraction of sp³-hybridized carbons (Fsp3) is 0.652. The maximum atomic E-state index is 13.3. The maximum absolute atomic E-state index is 13.3. The number of carbonyl (C=O) groups is 2. The Hall–Kier alpha value is -2.01. The lowest BCUT2D eigenvalue weighted by atomic mass is 10.00. The average molecular weight is 482 g/mol. The van der Waals surface area contributed by atoms with Crippen molar-refractivity contribution in [2.24, 2.45) is 5.92 Å². The number of hydrogen-bond acceptors (Lipinski definition) is 6. The number of benzene rings is 1. The molecule has 0 unspecified atom stereocenters. The van der Waals surface area contributed by atoms with Crippen LogP contribution in [-0.2, 0) is 29.1 Å². The second-order valence-electron chi connectivity index (χ2n) is 8.89. The maximum Gasteiger partial charge on any atom is 0.243 e. The molecule has 3 rings (SSSR count). The van der Waals surface area contributed by atoms with Gasteiger partial charge in [-0.3, -0.25) is 9.59 Å². The fourth-order valence-electron chi connectivity index (χ4n) is 4.25. The van der Waals surface area contributed by atoms with E-state index in [0.29, 0.717) is 19.8 Å². The molecule has 0 spiro atoms. The van der Waals surface area contributed by atoms with Crippen LogP contribution in [0.5, 0.6) is 0 Å². The Morgan fingerprint density at radius 2 is 1.70 bits per heavy atom. The van der Waals surface area contributed by atoms with Crippen molar-refractivity contribution in [1.29, 1.82) is 0 Å². The minimum absolute atomic E-state index is 0.0123. The van der Waals surface area contributed by atoms with Crippen molar-refractivity contribution >= 4 is 21.8 Å². The topological polar surface area (TPSA) is 114 Å². The van der Waals surface area contributed by atoms with Gasteiger partial charge in [-0.1, -0.05) is 32.0 Å². The van der Waals surface area contributed by atoms with Gasteiger partial charge in [-0.15, -0.1) is 0 Å². The third-order valence-electron chi connectivity index (χ3n) is 5.98. The highest BCUT2D eigenvalue weighted by Crippen LogP contribution is 2.19. The highest BCUT2D eigenvalue weighted by atomic mass is 32.2. The zero-order chi connectivity index (χ0) is 23.8. The van der Waals surface area contributed by atoms with E-state index in [1.807, 2.05) is 13.8 Å². The van der Waals surface area contributed by atoms with E-state index in [-0.39, 0.29) is 35.5 Å². The Morgan fingerprint density at radius 1 is 1.06 bits per heavy atom. The lowest BCUT2D eigenvalue weighted by molar-refractivity contribution is -0.143. The molecule has 0 aliphatic carbocycles. The first kappa shape index (κ1) is 25.6. The number of nitrogens with zero attached hydrogens (tertiary/aromatic N) is 1. The van der Waals surface area contributed by atoms with Gasteiger partial charge in [0.25, 0.3) is 0 Å². The smallest absolute Gasteiger partial charge is 0.243 e. The predicted molar refractivity (Wildman–Crippen MR) is 123 cm³/mol. The van der Waals surface area contributed by atoms with E-state index < -0.39 is 28.5 Å². The third-order valence-corrected chi connectivity index (χ3v) is 7.39. The molecule has 0 aromatic heterocycles. The average Bonchev–Trinajstić information content (AvgIpc) is 3.50. The van der Waals surface area contributed by atoms with Gasteiger partial charge in [0.2, 0.25) is 21.8 Å². The van der Waals surface area contributed by atoms with Gasteiger partial charge in [0.05, 0.1) is 23.6 Å². The molecule has 9 nitrogen and oxygen atoms in total. The third kappa shape index (κ3) is 7.23.